The van der Waals surface area contributed by atoms with Crippen LogP contribution in [0, 0.1) is 12.8 Å². The first kappa shape index (κ1) is 14.7. The van der Waals surface area contributed by atoms with Gasteiger partial charge in [-0.3, -0.25) is 9.78 Å². The van der Waals surface area contributed by atoms with Gasteiger partial charge in [0.05, 0.1) is 11.6 Å². The van der Waals surface area contributed by atoms with Gasteiger partial charge >= 0.3 is 0 Å². The fourth-order valence-corrected chi connectivity index (χ4v) is 2.82. The highest BCUT2D eigenvalue weighted by Gasteiger charge is 2.19. The summed E-state index contributed by atoms with van der Waals surface area (Å²) >= 11 is 1.60. The maximum absolute atomic E-state index is 12.2. The van der Waals surface area contributed by atoms with Gasteiger partial charge in [0.15, 0.2) is 0 Å². The largest absolute Gasteiger partial charge is 0.343 e. The van der Waals surface area contributed by atoms with E-state index < -0.39 is 0 Å². The SMILES string of the molecule is Cc1csc(C(CC(C)C)NC(=O)c2cccnc2)n1. The molecule has 2 rings (SSSR count). The average Bonchev–Trinajstić information content (AvgIpc) is 2.85. The standard InChI is InChI=1S/C15H19N3OS/c1-10(2)7-13(15-17-11(3)9-20-15)18-14(19)12-5-4-6-16-8-12/h4-6,8-10,13H,7H2,1-3H3,(H,18,19). The van der Waals surface area contributed by atoms with Crippen LogP contribution >= 0.6 is 11.3 Å². The van der Waals surface area contributed by atoms with Gasteiger partial charge in [0.2, 0.25) is 0 Å². The lowest BCUT2D eigenvalue weighted by Crippen LogP contribution is -2.29. The summed E-state index contributed by atoms with van der Waals surface area (Å²) in [4.78, 5) is 20.7. The Morgan fingerprint density at radius 1 is 1.45 bits per heavy atom. The third kappa shape index (κ3) is 3.87. The molecule has 0 saturated carbocycles. The number of aromatic nitrogens is 2. The molecule has 4 nitrogen and oxygen atoms in total. The highest BCUT2D eigenvalue weighted by Crippen LogP contribution is 2.24. The van der Waals surface area contributed by atoms with Gasteiger partial charge < -0.3 is 5.32 Å². The molecule has 0 aliphatic heterocycles. The molecule has 1 amide bonds. The summed E-state index contributed by atoms with van der Waals surface area (Å²) in [6.07, 6.45) is 4.11. The molecule has 0 bridgehead atoms. The molecule has 0 saturated heterocycles. The van der Waals surface area contributed by atoms with Crippen LogP contribution in [0.5, 0.6) is 0 Å². The minimum absolute atomic E-state index is 0.0404. The van der Waals surface area contributed by atoms with Crippen LogP contribution in [0.3, 0.4) is 0 Å². The number of carbonyl (C=O) groups is 1. The van der Waals surface area contributed by atoms with Crippen LogP contribution in [0.4, 0.5) is 0 Å². The van der Waals surface area contributed by atoms with Gasteiger partial charge in [-0.05, 0) is 31.4 Å². The molecule has 1 unspecified atom stereocenters. The maximum atomic E-state index is 12.2. The molecule has 0 radical (unpaired) electrons. The van der Waals surface area contributed by atoms with E-state index in [9.17, 15) is 4.79 Å². The third-order valence-corrected chi connectivity index (χ3v) is 3.95. The first-order chi connectivity index (χ1) is 9.56. The Hall–Kier alpha value is -1.75. The first-order valence-corrected chi connectivity index (χ1v) is 7.57. The zero-order chi connectivity index (χ0) is 14.5. The molecule has 0 aliphatic rings. The molecule has 2 aromatic rings. The van der Waals surface area contributed by atoms with Crippen molar-refractivity contribution in [3.8, 4) is 0 Å². The Balaban J connectivity index is 2.14. The number of amides is 1. The molecule has 2 heterocycles. The Morgan fingerprint density at radius 2 is 2.25 bits per heavy atom. The van der Waals surface area contributed by atoms with E-state index >= 15 is 0 Å². The second kappa shape index (κ2) is 6.61. The van der Waals surface area contributed by atoms with Crippen molar-refractivity contribution >= 4 is 17.2 Å². The molecular weight excluding hydrogens is 270 g/mol. The highest BCUT2D eigenvalue weighted by atomic mass is 32.1. The highest BCUT2D eigenvalue weighted by molar-refractivity contribution is 7.09. The van der Waals surface area contributed by atoms with E-state index in [4.69, 9.17) is 0 Å². The summed E-state index contributed by atoms with van der Waals surface area (Å²) in [6, 6.07) is 3.49. The van der Waals surface area contributed by atoms with Gasteiger partial charge in [-0.2, -0.15) is 0 Å². The molecule has 106 valence electrons. The van der Waals surface area contributed by atoms with E-state index in [0.29, 0.717) is 11.5 Å². The molecule has 0 fully saturated rings. The number of nitrogens with zero attached hydrogens (tertiary/aromatic N) is 2. The van der Waals surface area contributed by atoms with Crippen molar-refractivity contribution in [2.24, 2.45) is 5.92 Å². The van der Waals surface area contributed by atoms with E-state index in [1.807, 2.05) is 12.3 Å². The normalized spacial score (nSPS) is 12.4. The molecule has 20 heavy (non-hydrogen) atoms. The summed E-state index contributed by atoms with van der Waals surface area (Å²) in [7, 11) is 0. The number of aryl methyl sites for hydroxylation is 1. The number of thiazole rings is 1. The second-order valence-electron chi connectivity index (χ2n) is 5.22. The number of nitrogens with one attached hydrogen (secondary N) is 1. The number of rotatable bonds is 5. The summed E-state index contributed by atoms with van der Waals surface area (Å²) in [5.74, 6) is 0.384. The summed E-state index contributed by atoms with van der Waals surface area (Å²) < 4.78 is 0. The summed E-state index contributed by atoms with van der Waals surface area (Å²) in [6.45, 7) is 6.25. The minimum Gasteiger partial charge on any atom is -0.343 e. The predicted octanol–water partition coefficient (Wildman–Crippen LogP) is 3.36. The van der Waals surface area contributed by atoms with Crippen molar-refractivity contribution in [2.45, 2.75) is 33.2 Å². The first-order valence-electron chi connectivity index (χ1n) is 6.69. The van der Waals surface area contributed by atoms with E-state index in [2.05, 4.69) is 29.1 Å². The van der Waals surface area contributed by atoms with Gasteiger partial charge in [0.25, 0.3) is 5.91 Å². The summed E-state index contributed by atoms with van der Waals surface area (Å²) in [5.41, 5.74) is 1.57. The molecule has 2 aromatic heterocycles. The number of carbonyl (C=O) groups excluding carboxylic acids is 1. The van der Waals surface area contributed by atoms with Crippen molar-refractivity contribution in [3.63, 3.8) is 0 Å². The smallest absolute Gasteiger partial charge is 0.253 e. The van der Waals surface area contributed by atoms with Crippen LogP contribution < -0.4 is 5.32 Å². The lowest BCUT2D eigenvalue weighted by Gasteiger charge is -2.18. The van der Waals surface area contributed by atoms with Gasteiger partial charge in [0, 0.05) is 23.5 Å². The van der Waals surface area contributed by atoms with Gasteiger partial charge in [-0.15, -0.1) is 11.3 Å². The van der Waals surface area contributed by atoms with E-state index in [0.717, 1.165) is 17.1 Å². The van der Waals surface area contributed by atoms with Crippen molar-refractivity contribution in [3.05, 3.63) is 46.2 Å². The Morgan fingerprint density at radius 3 is 2.80 bits per heavy atom. The van der Waals surface area contributed by atoms with Crippen LogP contribution in [0.15, 0.2) is 29.9 Å². The third-order valence-electron chi connectivity index (χ3n) is 2.87. The monoisotopic (exact) mass is 289 g/mol. The lowest BCUT2D eigenvalue weighted by molar-refractivity contribution is 0.0931. The fourth-order valence-electron chi connectivity index (χ4n) is 1.96. The second-order valence-corrected chi connectivity index (χ2v) is 6.11. The Bertz CT molecular complexity index is 566. The van der Waals surface area contributed by atoms with Crippen LogP contribution in [-0.2, 0) is 0 Å². The van der Waals surface area contributed by atoms with Gasteiger partial charge in [0.1, 0.15) is 5.01 Å². The van der Waals surface area contributed by atoms with Crippen LogP contribution in [0.1, 0.15) is 47.4 Å². The molecule has 0 spiro atoms. The molecule has 1 atom stereocenters. The number of hydrogen-bond donors (Lipinski definition) is 1. The average molecular weight is 289 g/mol. The zero-order valence-corrected chi connectivity index (χ0v) is 12.8. The molecule has 1 N–H and O–H groups in total. The Labute approximate surface area is 123 Å². The van der Waals surface area contributed by atoms with Crippen molar-refractivity contribution in [2.75, 3.05) is 0 Å². The lowest BCUT2D eigenvalue weighted by atomic mass is 10.0. The predicted molar refractivity (Wildman–Crippen MR) is 80.8 cm³/mol. The topological polar surface area (TPSA) is 54.9 Å². The quantitative estimate of drug-likeness (QED) is 0.918. The van der Waals surface area contributed by atoms with Crippen molar-refractivity contribution in [1.82, 2.24) is 15.3 Å². The number of pyridine rings is 1. The van der Waals surface area contributed by atoms with E-state index in [1.165, 1.54) is 0 Å². The van der Waals surface area contributed by atoms with Crippen molar-refractivity contribution in [1.29, 1.82) is 0 Å². The maximum Gasteiger partial charge on any atom is 0.253 e. The molecule has 5 heteroatoms. The fraction of sp³-hybridized carbons (Fsp3) is 0.400. The molecule has 0 aromatic carbocycles. The van der Waals surface area contributed by atoms with Crippen molar-refractivity contribution < 1.29 is 4.79 Å². The summed E-state index contributed by atoms with van der Waals surface area (Å²) in [5, 5.41) is 6.04. The van der Waals surface area contributed by atoms with E-state index in [1.54, 1.807) is 35.9 Å². The van der Waals surface area contributed by atoms with Crippen LogP contribution in [0.25, 0.3) is 0 Å². The van der Waals surface area contributed by atoms with Gasteiger partial charge in [-0.25, -0.2) is 4.98 Å². The van der Waals surface area contributed by atoms with Gasteiger partial charge in [-0.1, -0.05) is 13.8 Å². The zero-order valence-electron chi connectivity index (χ0n) is 12.0. The number of hydrogen-bond acceptors (Lipinski definition) is 4. The minimum atomic E-state index is -0.100. The Kier molecular flexibility index (Phi) is 4.84. The van der Waals surface area contributed by atoms with E-state index in [-0.39, 0.29) is 11.9 Å². The molecule has 0 aliphatic carbocycles. The van der Waals surface area contributed by atoms with Crippen LogP contribution in [0.2, 0.25) is 0 Å². The molecular formula is C15H19N3OS. The van der Waals surface area contributed by atoms with Crippen LogP contribution in [-0.4, -0.2) is 15.9 Å².